The molecule has 0 N–H and O–H groups in total. The summed E-state index contributed by atoms with van der Waals surface area (Å²) in [6.45, 7) is 0. The number of fused-ring (bicyclic) bond motifs is 18. The number of nitrogens with zero attached hydrogens (tertiary/aromatic N) is 8. The van der Waals surface area contributed by atoms with Crippen LogP contribution in [0.15, 0.2) is 421 Å². The molecule has 6 aromatic heterocycles. The molecule has 0 aliphatic carbocycles. The van der Waals surface area contributed by atoms with Gasteiger partial charge in [-0.3, -0.25) is 0 Å². The number of aromatic nitrogens is 8. The summed E-state index contributed by atoms with van der Waals surface area (Å²) in [4.78, 5) is 31.6. The fraction of sp³-hybridized carbons (Fsp3) is 0. The van der Waals surface area contributed by atoms with Gasteiger partial charge in [-0.25, -0.2) is 29.9 Å². The van der Waals surface area contributed by atoms with Crippen molar-refractivity contribution in [2.24, 2.45) is 0 Å². The van der Waals surface area contributed by atoms with Crippen molar-refractivity contribution in [2.45, 2.75) is 0 Å². The van der Waals surface area contributed by atoms with Crippen LogP contribution in [0.5, 0.6) is 0 Å². The molecule has 576 valence electrons. The second kappa shape index (κ2) is 28.5. The van der Waals surface area contributed by atoms with Crippen LogP contribution in [0, 0.1) is 0 Å². The number of rotatable bonds is 10. The standard InChI is InChI=1S/2C57H34N4O/c1-2-13-35(14-3-1)36-25-27-38(28-26-36)55-58-56(44-23-12-20-37-15-8-9-21-43(37)44)60-57(59-55)46-29-30-49(54-53(46)45-22-10-11-24-52(45)62-54)61-50-33-41-18-6-4-16-39(41)31-47(50)48-32-40-17-5-7-19-42(40)34-51(48)61;1-2-12-35(13-3-1)37-22-25-38(26-23-37)55-58-56(44-27-24-36-14-4-5-15-39(36)30-44)60-57(59-55)46-28-29-49(54-53(46)45-20-10-11-21-52(45)62-54)61-50-33-42-18-8-6-16-40(42)31-47(50)48-32-41-17-7-9-19-43(41)34-51(48)61/h2*1-34H. The molecule has 0 atom stereocenters. The summed E-state index contributed by atoms with van der Waals surface area (Å²) in [6.07, 6.45) is 0. The first-order valence-electron chi connectivity index (χ1n) is 41.8. The zero-order valence-electron chi connectivity index (χ0n) is 66.7. The lowest BCUT2D eigenvalue weighted by Crippen LogP contribution is -2.02. The van der Waals surface area contributed by atoms with Crippen LogP contribution >= 0.6 is 0 Å². The monoisotopic (exact) mass is 1580 g/mol. The average molecular weight is 1580 g/mol. The highest BCUT2D eigenvalue weighted by atomic mass is 16.3. The van der Waals surface area contributed by atoms with Crippen LogP contribution in [-0.2, 0) is 0 Å². The Labute approximate surface area is 709 Å². The van der Waals surface area contributed by atoms with Crippen LogP contribution in [0.1, 0.15) is 0 Å². The highest BCUT2D eigenvalue weighted by Gasteiger charge is 2.28. The lowest BCUT2D eigenvalue weighted by molar-refractivity contribution is 0.666. The minimum absolute atomic E-state index is 0.576. The molecular formula is C114H68N8O2. The molecule has 0 bridgehead atoms. The van der Waals surface area contributed by atoms with Gasteiger partial charge in [0.25, 0.3) is 0 Å². The molecule has 10 nitrogen and oxygen atoms in total. The first-order valence-corrected chi connectivity index (χ1v) is 41.8. The molecule has 6 heterocycles. The Morgan fingerprint density at radius 3 is 0.879 bits per heavy atom. The number of benzene rings is 20. The third kappa shape index (κ3) is 11.7. The molecule has 0 saturated heterocycles. The van der Waals surface area contributed by atoms with E-state index in [-0.39, 0.29) is 0 Å². The number of hydrogen-bond donors (Lipinski definition) is 0. The molecule has 0 amide bonds. The van der Waals surface area contributed by atoms with Gasteiger partial charge >= 0.3 is 0 Å². The fourth-order valence-corrected chi connectivity index (χ4v) is 18.8. The average Bonchev–Trinajstić information content (AvgIpc) is 1.56. The van der Waals surface area contributed by atoms with E-state index in [2.05, 4.69) is 385 Å². The summed E-state index contributed by atoms with van der Waals surface area (Å²) in [5, 5.41) is 22.7. The summed E-state index contributed by atoms with van der Waals surface area (Å²) in [7, 11) is 0. The van der Waals surface area contributed by atoms with E-state index >= 15 is 0 Å². The Hall–Kier alpha value is -16.8. The molecule has 10 heteroatoms. The predicted molar refractivity (Wildman–Crippen MR) is 511 cm³/mol. The summed E-state index contributed by atoms with van der Waals surface area (Å²) in [5.41, 5.74) is 19.5. The maximum absolute atomic E-state index is 6.99. The van der Waals surface area contributed by atoms with Crippen molar-refractivity contribution < 1.29 is 8.83 Å². The van der Waals surface area contributed by atoms with Crippen LogP contribution in [0.2, 0.25) is 0 Å². The summed E-state index contributed by atoms with van der Waals surface area (Å²) >= 11 is 0. The van der Waals surface area contributed by atoms with Crippen molar-refractivity contribution in [1.82, 2.24) is 39.0 Å². The third-order valence-corrected chi connectivity index (χ3v) is 24.8. The molecule has 20 aromatic carbocycles. The van der Waals surface area contributed by atoms with E-state index < -0.39 is 0 Å². The van der Waals surface area contributed by atoms with Crippen LogP contribution in [0.25, 0.3) is 254 Å². The smallest absolute Gasteiger partial charge is 0.164 e. The van der Waals surface area contributed by atoms with Gasteiger partial charge < -0.3 is 18.0 Å². The van der Waals surface area contributed by atoms with Gasteiger partial charge in [0.2, 0.25) is 0 Å². The van der Waals surface area contributed by atoms with Gasteiger partial charge in [-0.2, -0.15) is 0 Å². The van der Waals surface area contributed by atoms with Crippen molar-refractivity contribution in [2.75, 3.05) is 0 Å². The van der Waals surface area contributed by atoms with Crippen LogP contribution in [0.4, 0.5) is 0 Å². The maximum Gasteiger partial charge on any atom is 0.164 e. The molecule has 26 rings (SSSR count). The number of furan rings is 2. The summed E-state index contributed by atoms with van der Waals surface area (Å²) in [5.74, 6) is 3.57. The van der Waals surface area contributed by atoms with Crippen molar-refractivity contribution in [3.63, 3.8) is 0 Å². The Morgan fingerprint density at radius 1 is 0.169 bits per heavy atom. The second-order valence-corrected chi connectivity index (χ2v) is 32.0. The van der Waals surface area contributed by atoms with Gasteiger partial charge in [0.15, 0.2) is 46.1 Å². The van der Waals surface area contributed by atoms with Gasteiger partial charge in [-0.05, 0) is 178 Å². The fourth-order valence-electron chi connectivity index (χ4n) is 18.8. The van der Waals surface area contributed by atoms with Gasteiger partial charge in [-0.15, -0.1) is 0 Å². The lowest BCUT2D eigenvalue weighted by Gasteiger charge is -2.13. The highest BCUT2D eigenvalue weighted by molar-refractivity contribution is 6.22. The lowest BCUT2D eigenvalue weighted by atomic mass is 10.0. The van der Waals surface area contributed by atoms with E-state index in [0.717, 1.165) is 154 Å². The molecular weight excluding hydrogens is 1510 g/mol. The predicted octanol–water partition coefficient (Wildman–Crippen LogP) is 30.0. The van der Waals surface area contributed by atoms with E-state index in [4.69, 9.17) is 38.7 Å². The Morgan fingerprint density at radius 2 is 0.460 bits per heavy atom. The largest absolute Gasteiger partial charge is 0.454 e. The highest BCUT2D eigenvalue weighted by Crippen LogP contribution is 2.48. The normalized spacial score (nSPS) is 11.9. The van der Waals surface area contributed by atoms with Crippen molar-refractivity contribution >= 4 is 152 Å². The topological polar surface area (TPSA) is 113 Å². The van der Waals surface area contributed by atoms with Crippen LogP contribution < -0.4 is 0 Å². The van der Waals surface area contributed by atoms with Crippen molar-refractivity contribution in [1.29, 1.82) is 0 Å². The molecule has 0 radical (unpaired) electrons. The summed E-state index contributed by atoms with van der Waals surface area (Å²) < 4.78 is 18.7. The van der Waals surface area contributed by atoms with Crippen molar-refractivity contribution in [3.8, 4) is 102 Å². The molecule has 0 unspecified atom stereocenters. The van der Waals surface area contributed by atoms with Crippen molar-refractivity contribution in [3.05, 3.63) is 413 Å². The van der Waals surface area contributed by atoms with E-state index in [9.17, 15) is 0 Å². The van der Waals surface area contributed by atoms with Gasteiger partial charge in [-0.1, -0.05) is 322 Å². The summed E-state index contributed by atoms with van der Waals surface area (Å²) in [6, 6.07) is 146. The van der Waals surface area contributed by atoms with Gasteiger partial charge in [0.05, 0.1) is 33.4 Å². The quantitative estimate of drug-likeness (QED) is 0.133. The van der Waals surface area contributed by atoms with E-state index in [1.165, 1.54) is 64.6 Å². The molecule has 0 spiro atoms. The maximum atomic E-state index is 6.99. The number of hydrogen-bond acceptors (Lipinski definition) is 8. The molecule has 26 aromatic rings. The van der Waals surface area contributed by atoms with Gasteiger partial charge in [0, 0.05) is 76.5 Å². The first kappa shape index (κ1) is 70.2. The molecule has 0 fully saturated rings. The number of para-hydroxylation sites is 2. The van der Waals surface area contributed by atoms with E-state index in [0.29, 0.717) is 34.9 Å². The third-order valence-electron chi connectivity index (χ3n) is 24.8. The first-order chi connectivity index (χ1) is 61.4. The minimum atomic E-state index is 0.576. The second-order valence-electron chi connectivity index (χ2n) is 32.0. The zero-order chi connectivity index (χ0) is 81.5. The Balaban J connectivity index is 0.000000136. The Kier molecular flexibility index (Phi) is 16.1. The van der Waals surface area contributed by atoms with Crippen LogP contribution in [0.3, 0.4) is 0 Å². The van der Waals surface area contributed by atoms with E-state index in [1.54, 1.807) is 0 Å². The zero-order valence-corrected chi connectivity index (χ0v) is 66.7. The molecule has 0 saturated carbocycles. The SMILES string of the molecule is c1ccc(-c2ccc(-c3nc(-c4ccc5ccccc5c4)nc(-c4ccc(-n5c6cc7ccccc7cc6c6cc7ccccc7cc65)c5oc6ccccc6c45)n3)cc2)cc1.c1ccc(-c2ccc(-c3nc(-c4cccc5ccccc45)nc(-c4ccc(-n5c6cc7ccccc7cc6c6cc7ccccc7cc65)c5oc6ccccc6c45)n3)cc2)cc1. The van der Waals surface area contributed by atoms with Crippen LogP contribution in [-0.4, -0.2) is 39.0 Å². The van der Waals surface area contributed by atoms with Gasteiger partial charge in [0.1, 0.15) is 11.2 Å². The molecule has 124 heavy (non-hydrogen) atoms. The van der Waals surface area contributed by atoms with E-state index in [1.807, 2.05) is 36.4 Å². The molecule has 0 aliphatic rings. The Bertz CT molecular complexity index is 8680. The molecule has 0 aliphatic heterocycles. The minimum Gasteiger partial charge on any atom is -0.454 e.